The molecular weight excluding hydrogens is 287 g/mol. The van der Waals surface area contributed by atoms with Crippen LogP contribution < -0.4 is 0 Å². The van der Waals surface area contributed by atoms with Crippen LogP contribution in [0.2, 0.25) is 0 Å². The Kier molecular flexibility index (Phi) is 3.38. The Morgan fingerprint density at radius 2 is 2.00 bits per heavy atom. The van der Waals surface area contributed by atoms with Crippen molar-refractivity contribution in [2.75, 3.05) is 0 Å². The average Bonchev–Trinajstić information content (AvgIpc) is 2.15. The van der Waals surface area contributed by atoms with Crippen LogP contribution in [0.15, 0.2) is 16.6 Å². The first-order valence-electron chi connectivity index (χ1n) is 4.09. The van der Waals surface area contributed by atoms with Gasteiger partial charge in [-0.1, -0.05) is 0 Å². The molecule has 0 fully saturated rings. The predicted molar refractivity (Wildman–Crippen MR) is 53.9 cm³/mol. The van der Waals surface area contributed by atoms with E-state index in [1.807, 2.05) is 0 Å². The number of hydrogen-bond acceptors (Lipinski definition) is 2. The monoisotopic (exact) mass is 291 g/mol. The van der Waals surface area contributed by atoms with E-state index in [4.69, 9.17) is 5.26 Å². The number of ketones is 1. The topological polar surface area (TPSA) is 40.9 Å². The van der Waals surface area contributed by atoms with Gasteiger partial charge in [-0.2, -0.15) is 18.4 Å². The minimum atomic E-state index is -4.65. The number of hydrogen-bond donors (Lipinski definition) is 0. The number of nitrogens with zero attached hydrogens (tertiary/aromatic N) is 1. The van der Waals surface area contributed by atoms with E-state index in [0.717, 1.165) is 13.0 Å². The highest BCUT2D eigenvalue weighted by Crippen LogP contribution is 2.35. The molecule has 1 aromatic carbocycles. The molecule has 0 aliphatic heterocycles. The Morgan fingerprint density at radius 1 is 1.44 bits per heavy atom. The van der Waals surface area contributed by atoms with Gasteiger partial charge in [0.15, 0.2) is 5.78 Å². The molecule has 0 unspecified atom stereocenters. The number of nitriles is 1. The third-order valence-electron chi connectivity index (χ3n) is 1.91. The molecule has 0 aliphatic rings. The molecule has 1 rings (SSSR count). The van der Waals surface area contributed by atoms with Crippen molar-refractivity contribution >= 4 is 21.7 Å². The summed E-state index contributed by atoms with van der Waals surface area (Å²) >= 11 is 2.93. The maximum Gasteiger partial charge on any atom is 0.417 e. The van der Waals surface area contributed by atoms with Crippen LogP contribution in [0.5, 0.6) is 0 Å². The molecule has 2 nitrogen and oxygen atoms in total. The van der Waals surface area contributed by atoms with E-state index in [-0.39, 0.29) is 10.0 Å². The molecule has 6 heteroatoms. The molecular formula is C10H5BrF3NO. The lowest BCUT2D eigenvalue weighted by molar-refractivity contribution is -0.137. The molecule has 0 heterocycles. The van der Waals surface area contributed by atoms with Crippen molar-refractivity contribution in [1.29, 1.82) is 5.26 Å². The molecule has 0 atom stereocenters. The number of rotatable bonds is 1. The molecule has 0 aliphatic carbocycles. The van der Waals surface area contributed by atoms with E-state index >= 15 is 0 Å². The lowest BCUT2D eigenvalue weighted by atomic mass is 10.0. The first-order valence-corrected chi connectivity index (χ1v) is 4.88. The number of benzene rings is 1. The van der Waals surface area contributed by atoms with Crippen LogP contribution in [-0.4, -0.2) is 5.78 Å². The van der Waals surface area contributed by atoms with E-state index in [1.165, 1.54) is 0 Å². The molecule has 16 heavy (non-hydrogen) atoms. The van der Waals surface area contributed by atoms with Gasteiger partial charge in [0.05, 0.1) is 11.1 Å². The summed E-state index contributed by atoms with van der Waals surface area (Å²) in [6.07, 6.45) is -4.65. The Bertz CT molecular complexity index is 488. The zero-order chi connectivity index (χ0) is 12.5. The standard InChI is InChI=1S/C10H5BrF3NO/c1-5(16)7-3-9(11)6(4-15)2-8(7)10(12,13)14/h2-3H,1H3. The van der Waals surface area contributed by atoms with Gasteiger partial charge >= 0.3 is 6.18 Å². The van der Waals surface area contributed by atoms with Gasteiger partial charge in [0.1, 0.15) is 6.07 Å². The second kappa shape index (κ2) is 4.26. The van der Waals surface area contributed by atoms with Crippen molar-refractivity contribution in [3.8, 4) is 6.07 Å². The predicted octanol–water partition coefficient (Wildman–Crippen LogP) is 3.54. The van der Waals surface area contributed by atoms with Crippen LogP contribution in [0.4, 0.5) is 13.2 Å². The van der Waals surface area contributed by atoms with Gasteiger partial charge in [0.25, 0.3) is 0 Å². The first kappa shape index (κ1) is 12.7. The normalized spacial score (nSPS) is 11.0. The van der Waals surface area contributed by atoms with Crippen LogP contribution in [0.25, 0.3) is 0 Å². The van der Waals surface area contributed by atoms with E-state index < -0.39 is 23.1 Å². The second-order valence-corrected chi connectivity index (χ2v) is 3.90. The second-order valence-electron chi connectivity index (χ2n) is 3.04. The number of Topliss-reactive ketones (excluding diaryl/α,β-unsaturated/α-hetero) is 1. The lowest BCUT2D eigenvalue weighted by Crippen LogP contribution is -2.12. The Balaban J connectivity index is 3.57. The maximum absolute atomic E-state index is 12.6. The van der Waals surface area contributed by atoms with Gasteiger partial charge in [-0.25, -0.2) is 0 Å². The fourth-order valence-electron chi connectivity index (χ4n) is 1.18. The van der Waals surface area contributed by atoms with Crippen molar-refractivity contribution in [2.24, 2.45) is 0 Å². The highest BCUT2D eigenvalue weighted by atomic mass is 79.9. The minimum Gasteiger partial charge on any atom is -0.294 e. The summed E-state index contributed by atoms with van der Waals surface area (Å²) in [7, 11) is 0. The molecule has 0 N–H and O–H groups in total. The fourth-order valence-corrected chi connectivity index (χ4v) is 1.62. The van der Waals surface area contributed by atoms with Gasteiger partial charge in [-0.15, -0.1) is 0 Å². The Labute approximate surface area is 97.8 Å². The molecule has 0 saturated carbocycles. The molecule has 0 spiro atoms. The summed E-state index contributed by atoms with van der Waals surface area (Å²) < 4.78 is 37.9. The van der Waals surface area contributed by atoms with Gasteiger partial charge in [-0.3, -0.25) is 4.79 Å². The third-order valence-corrected chi connectivity index (χ3v) is 2.57. The first-order chi connectivity index (χ1) is 7.27. The largest absolute Gasteiger partial charge is 0.417 e. The fraction of sp³-hybridized carbons (Fsp3) is 0.200. The highest BCUT2D eigenvalue weighted by molar-refractivity contribution is 9.10. The van der Waals surface area contributed by atoms with Gasteiger partial charge in [-0.05, 0) is 35.0 Å². The summed E-state index contributed by atoms with van der Waals surface area (Å²) in [5, 5.41) is 8.61. The molecule has 0 amide bonds. The SMILES string of the molecule is CC(=O)c1cc(Br)c(C#N)cc1C(F)(F)F. The number of carbonyl (C=O) groups is 1. The molecule has 0 saturated heterocycles. The third kappa shape index (κ3) is 2.42. The van der Waals surface area contributed by atoms with Crippen LogP contribution in [0.3, 0.4) is 0 Å². The van der Waals surface area contributed by atoms with Crippen molar-refractivity contribution < 1.29 is 18.0 Å². The summed E-state index contributed by atoms with van der Waals surface area (Å²) in [5.74, 6) is -0.697. The van der Waals surface area contributed by atoms with Crippen LogP contribution in [0.1, 0.15) is 28.4 Å². The highest BCUT2D eigenvalue weighted by Gasteiger charge is 2.35. The zero-order valence-corrected chi connectivity index (χ0v) is 9.61. The average molecular weight is 292 g/mol. The maximum atomic E-state index is 12.6. The zero-order valence-electron chi connectivity index (χ0n) is 8.02. The van der Waals surface area contributed by atoms with Crippen LogP contribution in [-0.2, 0) is 6.18 Å². The van der Waals surface area contributed by atoms with Gasteiger partial charge in [0, 0.05) is 10.0 Å². The van der Waals surface area contributed by atoms with Crippen molar-refractivity contribution in [1.82, 2.24) is 0 Å². The van der Waals surface area contributed by atoms with Gasteiger partial charge in [0.2, 0.25) is 0 Å². The van der Waals surface area contributed by atoms with E-state index in [1.54, 1.807) is 6.07 Å². The van der Waals surface area contributed by atoms with E-state index in [9.17, 15) is 18.0 Å². The van der Waals surface area contributed by atoms with E-state index in [2.05, 4.69) is 15.9 Å². The Hall–Kier alpha value is -1.35. The van der Waals surface area contributed by atoms with Crippen LogP contribution in [0, 0.1) is 11.3 Å². The van der Waals surface area contributed by atoms with Gasteiger partial charge < -0.3 is 0 Å². The number of halogens is 4. The van der Waals surface area contributed by atoms with E-state index in [0.29, 0.717) is 6.07 Å². The number of carbonyl (C=O) groups excluding carboxylic acids is 1. The van der Waals surface area contributed by atoms with Crippen LogP contribution >= 0.6 is 15.9 Å². The summed E-state index contributed by atoms with van der Waals surface area (Å²) in [4.78, 5) is 11.1. The molecule has 0 radical (unpaired) electrons. The van der Waals surface area contributed by atoms with Crippen molar-refractivity contribution in [3.63, 3.8) is 0 Å². The molecule has 1 aromatic rings. The Morgan fingerprint density at radius 3 is 2.38 bits per heavy atom. The number of alkyl halides is 3. The quantitative estimate of drug-likeness (QED) is 0.743. The molecule has 0 aromatic heterocycles. The van der Waals surface area contributed by atoms with Crippen molar-refractivity contribution in [3.05, 3.63) is 33.3 Å². The summed E-state index contributed by atoms with van der Waals surface area (Å²) in [5.41, 5.74) is -1.68. The summed E-state index contributed by atoms with van der Waals surface area (Å²) in [6, 6.07) is 3.30. The lowest BCUT2D eigenvalue weighted by Gasteiger charge is -2.12. The van der Waals surface area contributed by atoms with Crippen molar-refractivity contribution in [2.45, 2.75) is 13.1 Å². The minimum absolute atomic E-state index is 0.155. The molecule has 84 valence electrons. The summed E-state index contributed by atoms with van der Waals surface area (Å²) in [6.45, 7) is 1.04. The smallest absolute Gasteiger partial charge is 0.294 e. The molecule has 0 bridgehead atoms.